The fourth-order valence-electron chi connectivity index (χ4n) is 4.82. The van der Waals surface area contributed by atoms with Crippen LogP contribution in [0.15, 0.2) is 30.9 Å². The maximum atomic E-state index is 5.98. The number of ether oxygens (including phenoxy) is 1. The first-order chi connectivity index (χ1) is 14.1. The van der Waals surface area contributed by atoms with Crippen molar-refractivity contribution in [1.29, 1.82) is 0 Å². The first kappa shape index (κ1) is 19.2. The van der Waals surface area contributed by atoms with Crippen molar-refractivity contribution >= 4 is 16.2 Å². The Morgan fingerprint density at radius 2 is 2.10 bits per heavy atom. The van der Waals surface area contributed by atoms with Gasteiger partial charge in [-0.25, -0.2) is 9.50 Å². The van der Waals surface area contributed by atoms with Crippen LogP contribution in [0, 0.1) is 12.3 Å². The molecule has 6 nitrogen and oxygen atoms in total. The molecule has 7 heteroatoms. The molecule has 29 heavy (non-hydrogen) atoms. The number of aryl methyl sites for hydroxylation is 2. The number of imidazole rings is 1. The molecule has 3 aromatic heterocycles. The minimum absolute atomic E-state index is 0.207. The lowest BCUT2D eigenvalue weighted by molar-refractivity contribution is 0.0443. The van der Waals surface area contributed by atoms with Gasteiger partial charge in [-0.1, -0.05) is 17.4 Å². The number of likely N-dealkylation sites (tertiary alicyclic amines) is 1. The Balaban J connectivity index is 1.32. The summed E-state index contributed by atoms with van der Waals surface area (Å²) in [5, 5.41) is 5.89. The largest absolute Gasteiger partial charge is 0.381 e. The van der Waals surface area contributed by atoms with Gasteiger partial charge in [-0.3, -0.25) is 9.88 Å². The molecule has 0 radical (unpaired) electrons. The summed E-state index contributed by atoms with van der Waals surface area (Å²) in [6.07, 6.45) is 11.6. The number of fused-ring (bicyclic) bond motifs is 1. The molecule has 0 aromatic carbocycles. The van der Waals surface area contributed by atoms with Crippen molar-refractivity contribution in [2.45, 2.75) is 51.5 Å². The number of pyridine rings is 1. The van der Waals surface area contributed by atoms with Crippen LogP contribution in [-0.4, -0.2) is 50.8 Å². The Hall–Kier alpha value is -1.83. The summed E-state index contributed by atoms with van der Waals surface area (Å²) >= 11 is 1.75. The lowest BCUT2D eigenvalue weighted by atomic mass is 9.83. The molecule has 2 fully saturated rings. The third-order valence-corrected chi connectivity index (χ3v) is 7.75. The maximum absolute atomic E-state index is 5.98. The Bertz CT molecular complexity index is 948. The number of nitrogens with zero attached hydrogens (tertiary/aromatic N) is 5. The summed E-state index contributed by atoms with van der Waals surface area (Å²) in [5.74, 6) is 0. The number of rotatable bonds is 8. The Morgan fingerprint density at radius 3 is 2.83 bits per heavy atom. The standard InChI is InChI=1S/C22H29N5OS/c1-3-28-15-21(7-6-19-25-27-16-23-13-20(27)29-19)10-11-26(14-21)22(8-9-22)18-5-4-17(2)24-12-18/h4-5,12-13,16H,3,6-11,14-15H2,1-2H3/t21-/m0/s1. The molecule has 1 aliphatic heterocycles. The zero-order valence-electron chi connectivity index (χ0n) is 17.3. The fourth-order valence-corrected chi connectivity index (χ4v) is 5.69. The molecule has 0 spiro atoms. The van der Waals surface area contributed by atoms with Crippen LogP contribution in [0.25, 0.3) is 4.83 Å². The van der Waals surface area contributed by atoms with E-state index in [9.17, 15) is 0 Å². The predicted molar refractivity (Wildman–Crippen MR) is 114 cm³/mol. The van der Waals surface area contributed by atoms with Crippen molar-refractivity contribution in [1.82, 2.24) is 24.5 Å². The number of hydrogen-bond acceptors (Lipinski definition) is 6. The van der Waals surface area contributed by atoms with Crippen LogP contribution in [0.4, 0.5) is 0 Å². The van der Waals surface area contributed by atoms with Gasteiger partial charge in [-0.2, -0.15) is 5.10 Å². The smallest absolute Gasteiger partial charge is 0.139 e. The van der Waals surface area contributed by atoms with Gasteiger partial charge in [0.25, 0.3) is 0 Å². The van der Waals surface area contributed by atoms with Crippen LogP contribution in [-0.2, 0) is 16.7 Å². The van der Waals surface area contributed by atoms with E-state index in [1.54, 1.807) is 17.7 Å². The van der Waals surface area contributed by atoms with Crippen molar-refractivity contribution in [3.8, 4) is 0 Å². The van der Waals surface area contributed by atoms with Gasteiger partial charge in [0, 0.05) is 42.4 Å². The summed E-state index contributed by atoms with van der Waals surface area (Å²) in [4.78, 5) is 12.6. The molecule has 154 valence electrons. The molecule has 1 saturated carbocycles. The molecular weight excluding hydrogens is 382 g/mol. The van der Waals surface area contributed by atoms with E-state index in [2.05, 4.69) is 47.0 Å². The second-order valence-electron chi connectivity index (χ2n) is 8.70. The summed E-state index contributed by atoms with van der Waals surface area (Å²) in [5.41, 5.74) is 2.89. The van der Waals surface area contributed by atoms with Gasteiger partial charge >= 0.3 is 0 Å². The quantitative estimate of drug-likeness (QED) is 0.564. The molecule has 1 atom stereocenters. The van der Waals surface area contributed by atoms with Gasteiger partial charge in [0.15, 0.2) is 0 Å². The van der Waals surface area contributed by atoms with E-state index in [4.69, 9.17) is 9.84 Å². The van der Waals surface area contributed by atoms with Crippen molar-refractivity contribution < 1.29 is 4.74 Å². The number of hydrogen-bond donors (Lipinski definition) is 0. The van der Waals surface area contributed by atoms with Crippen molar-refractivity contribution in [2.75, 3.05) is 26.3 Å². The van der Waals surface area contributed by atoms with Crippen LogP contribution in [0.5, 0.6) is 0 Å². The second-order valence-corrected chi connectivity index (χ2v) is 9.79. The van der Waals surface area contributed by atoms with E-state index in [-0.39, 0.29) is 11.0 Å². The Labute approximate surface area is 175 Å². The third-order valence-electron chi connectivity index (χ3n) is 6.73. The third kappa shape index (κ3) is 3.60. The highest BCUT2D eigenvalue weighted by atomic mass is 32.1. The molecular formula is C22H29N5OS. The van der Waals surface area contributed by atoms with Crippen molar-refractivity contribution in [2.24, 2.45) is 5.41 Å². The number of aromatic nitrogens is 4. The lowest BCUT2D eigenvalue weighted by Crippen LogP contribution is -2.38. The van der Waals surface area contributed by atoms with Crippen LogP contribution in [0.2, 0.25) is 0 Å². The van der Waals surface area contributed by atoms with Gasteiger partial charge in [0.2, 0.25) is 0 Å². The fraction of sp³-hybridized carbons (Fsp3) is 0.591. The summed E-state index contributed by atoms with van der Waals surface area (Å²) < 4.78 is 7.87. The monoisotopic (exact) mass is 411 g/mol. The van der Waals surface area contributed by atoms with Crippen LogP contribution in [0.1, 0.15) is 48.9 Å². The molecule has 2 aliphatic rings. The highest BCUT2D eigenvalue weighted by Crippen LogP contribution is 2.54. The highest BCUT2D eigenvalue weighted by molar-refractivity contribution is 7.17. The highest BCUT2D eigenvalue weighted by Gasteiger charge is 2.54. The van der Waals surface area contributed by atoms with E-state index in [1.807, 2.05) is 10.7 Å². The molecule has 0 N–H and O–H groups in total. The summed E-state index contributed by atoms with van der Waals surface area (Å²) in [7, 11) is 0. The Morgan fingerprint density at radius 1 is 1.21 bits per heavy atom. The summed E-state index contributed by atoms with van der Waals surface area (Å²) in [6.45, 7) is 8.02. The predicted octanol–water partition coefficient (Wildman–Crippen LogP) is 3.84. The van der Waals surface area contributed by atoms with Gasteiger partial charge in [0.05, 0.1) is 12.8 Å². The average Bonchev–Trinajstić information content (AvgIpc) is 3.05. The lowest BCUT2D eigenvalue weighted by Gasteiger charge is -2.33. The van der Waals surface area contributed by atoms with Gasteiger partial charge < -0.3 is 4.74 Å². The normalized spacial score (nSPS) is 23.8. The van der Waals surface area contributed by atoms with E-state index in [0.717, 1.165) is 49.7 Å². The molecule has 0 bridgehead atoms. The van der Waals surface area contributed by atoms with E-state index >= 15 is 0 Å². The van der Waals surface area contributed by atoms with Crippen LogP contribution < -0.4 is 0 Å². The zero-order valence-corrected chi connectivity index (χ0v) is 18.1. The van der Waals surface area contributed by atoms with Gasteiger partial charge in [0.1, 0.15) is 16.2 Å². The van der Waals surface area contributed by atoms with Crippen LogP contribution in [0.3, 0.4) is 0 Å². The maximum Gasteiger partial charge on any atom is 0.139 e. The minimum Gasteiger partial charge on any atom is -0.381 e. The first-order valence-corrected chi connectivity index (χ1v) is 11.5. The first-order valence-electron chi connectivity index (χ1n) is 10.7. The van der Waals surface area contributed by atoms with Gasteiger partial charge in [-0.15, -0.1) is 0 Å². The Kier molecular flexibility index (Phi) is 4.92. The summed E-state index contributed by atoms with van der Waals surface area (Å²) in [6, 6.07) is 4.43. The van der Waals surface area contributed by atoms with E-state index in [0.29, 0.717) is 0 Å². The molecule has 1 saturated heterocycles. The molecule has 3 aromatic rings. The molecule has 1 aliphatic carbocycles. The van der Waals surface area contributed by atoms with Crippen molar-refractivity contribution in [3.63, 3.8) is 0 Å². The topological polar surface area (TPSA) is 55.6 Å². The molecule has 0 amide bonds. The molecule has 4 heterocycles. The van der Waals surface area contributed by atoms with E-state index < -0.39 is 0 Å². The second kappa shape index (κ2) is 7.45. The molecule has 0 unspecified atom stereocenters. The van der Waals surface area contributed by atoms with Gasteiger partial charge in [-0.05, 0) is 57.7 Å². The molecule has 5 rings (SSSR count). The minimum atomic E-state index is 0.207. The van der Waals surface area contributed by atoms with Crippen molar-refractivity contribution in [3.05, 3.63) is 47.1 Å². The van der Waals surface area contributed by atoms with E-state index in [1.165, 1.54) is 29.8 Å². The zero-order chi connectivity index (χ0) is 19.9. The average molecular weight is 412 g/mol. The SMILES string of the molecule is CCOC[C@@]1(CCc2nn3cncc3s2)CCN(C2(c3ccc(C)nc3)CC2)C1. The van der Waals surface area contributed by atoms with Crippen LogP contribution >= 0.6 is 11.3 Å².